The Morgan fingerprint density at radius 3 is 2.64 bits per heavy atom. The van der Waals surface area contributed by atoms with Crippen LogP contribution < -0.4 is 0 Å². The van der Waals surface area contributed by atoms with Crippen LogP contribution in [0.25, 0.3) is 0 Å². The van der Waals surface area contributed by atoms with E-state index < -0.39 is 0 Å². The second kappa shape index (κ2) is 3.22. The molecule has 1 rings (SSSR count). The van der Waals surface area contributed by atoms with E-state index >= 15 is 0 Å². The second-order valence-electron chi connectivity index (χ2n) is 3.54. The quantitative estimate of drug-likeness (QED) is 0.571. The molecule has 0 fully saturated rings. The number of rotatable bonds is 1. The van der Waals surface area contributed by atoms with Crippen LogP contribution in [0.3, 0.4) is 0 Å². The summed E-state index contributed by atoms with van der Waals surface area (Å²) in [4.78, 5) is 0. The summed E-state index contributed by atoms with van der Waals surface area (Å²) in [7, 11) is 0. The molecular weight excluding hydrogens is 136 g/mol. The van der Waals surface area contributed by atoms with Gasteiger partial charge in [-0.3, -0.25) is 0 Å². The van der Waals surface area contributed by atoms with Crippen LogP contribution in [0.5, 0.6) is 0 Å². The minimum atomic E-state index is -0.245. The van der Waals surface area contributed by atoms with E-state index in [1.165, 1.54) is 5.57 Å². The predicted octanol–water partition coefficient (Wildman–Crippen LogP) is 2.14. The summed E-state index contributed by atoms with van der Waals surface area (Å²) in [5, 5.41) is 9.36. The third kappa shape index (κ3) is 1.93. The maximum Gasteiger partial charge on any atom is 0.0746 e. The summed E-state index contributed by atoms with van der Waals surface area (Å²) in [6, 6.07) is 0. The van der Waals surface area contributed by atoms with Crippen molar-refractivity contribution in [2.75, 3.05) is 0 Å². The molecule has 1 heteroatoms. The third-order valence-corrected chi connectivity index (χ3v) is 2.38. The molecule has 0 aromatic carbocycles. The van der Waals surface area contributed by atoms with E-state index in [4.69, 9.17) is 0 Å². The molecule has 0 saturated heterocycles. The average Bonchev–Trinajstić information content (AvgIpc) is 1.94. The van der Waals surface area contributed by atoms with E-state index in [9.17, 15) is 5.11 Å². The average molecular weight is 152 g/mol. The van der Waals surface area contributed by atoms with Gasteiger partial charge < -0.3 is 5.11 Å². The summed E-state index contributed by atoms with van der Waals surface area (Å²) in [5.41, 5.74) is 1.19. The Bertz CT molecular complexity index is 181. The number of aliphatic hydroxyl groups is 1. The van der Waals surface area contributed by atoms with Crippen molar-refractivity contribution in [1.82, 2.24) is 0 Å². The maximum atomic E-state index is 9.36. The zero-order valence-corrected chi connectivity index (χ0v) is 7.25. The molecule has 1 aliphatic carbocycles. The van der Waals surface area contributed by atoms with Gasteiger partial charge in [0, 0.05) is 0 Å². The van der Waals surface area contributed by atoms with Gasteiger partial charge in [0.2, 0.25) is 0 Å². The maximum absolute atomic E-state index is 9.36. The first-order valence-electron chi connectivity index (χ1n) is 4.13. The number of hydrogen-bond acceptors (Lipinski definition) is 1. The molecule has 1 N–H and O–H groups in total. The van der Waals surface area contributed by atoms with E-state index in [0.717, 1.165) is 6.42 Å². The standard InChI is InChI=1S/C10H16O/c1-7(2)9-4-5-10(11)8(3)6-9/h4-5,8-11H,1,6H2,2-3H3. The Morgan fingerprint density at radius 1 is 1.55 bits per heavy atom. The zero-order chi connectivity index (χ0) is 8.43. The summed E-state index contributed by atoms with van der Waals surface area (Å²) < 4.78 is 0. The summed E-state index contributed by atoms with van der Waals surface area (Å²) in [6.45, 7) is 8.02. The van der Waals surface area contributed by atoms with Gasteiger partial charge >= 0.3 is 0 Å². The minimum absolute atomic E-state index is 0.245. The van der Waals surface area contributed by atoms with E-state index in [1.54, 1.807) is 0 Å². The monoisotopic (exact) mass is 152 g/mol. The molecule has 0 heterocycles. The molecule has 11 heavy (non-hydrogen) atoms. The lowest BCUT2D eigenvalue weighted by molar-refractivity contribution is 0.143. The summed E-state index contributed by atoms with van der Waals surface area (Å²) in [5.74, 6) is 0.857. The van der Waals surface area contributed by atoms with Crippen molar-refractivity contribution in [3.8, 4) is 0 Å². The Kier molecular flexibility index (Phi) is 2.50. The van der Waals surface area contributed by atoms with Crippen LogP contribution >= 0.6 is 0 Å². The first-order valence-corrected chi connectivity index (χ1v) is 4.13. The normalized spacial score (nSPS) is 37.2. The molecule has 1 aliphatic rings. The lowest BCUT2D eigenvalue weighted by Gasteiger charge is -2.25. The van der Waals surface area contributed by atoms with Gasteiger partial charge in [-0.05, 0) is 25.2 Å². The topological polar surface area (TPSA) is 20.2 Å². The van der Waals surface area contributed by atoms with Crippen LogP contribution in [-0.4, -0.2) is 11.2 Å². The fraction of sp³-hybridized carbons (Fsp3) is 0.600. The molecule has 62 valence electrons. The molecule has 1 nitrogen and oxygen atoms in total. The van der Waals surface area contributed by atoms with Crippen LogP contribution in [0, 0.1) is 11.8 Å². The SMILES string of the molecule is C=C(C)C1C=CC(O)C(C)C1. The van der Waals surface area contributed by atoms with Crippen molar-refractivity contribution < 1.29 is 5.11 Å². The number of aliphatic hydroxyl groups excluding tert-OH is 1. The highest BCUT2D eigenvalue weighted by Crippen LogP contribution is 2.27. The van der Waals surface area contributed by atoms with Gasteiger partial charge in [0.05, 0.1) is 6.10 Å². The van der Waals surface area contributed by atoms with Gasteiger partial charge in [0.25, 0.3) is 0 Å². The zero-order valence-electron chi connectivity index (χ0n) is 7.25. The Hall–Kier alpha value is -0.560. The summed E-state index contributed by atoms with van der Waals surface area (Å²) >= 11 is 0. The van der Waals surface area contributed by atoms with Crippen molar-refractivity contribution in [3.05, 3.63) is 24.3 Å². The Balaban J connectivity index is 2.63. The molecule has 0 aromatic heterocycles. The first-order chi connectivity index (χ1) is 5.11. The molecule has 0 aromatic rings. The van der Waals surface area contributed by atoms with Gasteiger partial charge in [-0.25, -0.2) is 0 Å². The molecule has 0 bridgehead atoms. The van der Waals surface area contributed by atoms with E-state index in [-0.39, 0.29) is 6.10 Å². The van der Waals surface area contributed by atoms with Crippen LogP contribution in [0.2, 0.25) is 0 Å². The molecule has 0 radical (unpaired) electrons. The van der Waals surface area contributed by atoms with Crippen molar-refractivity contribution in [3.63, 3.8) is 0 Å². The molecular formula is C10H16O. The highest BCUT2D eigenvalue weighted by Gasteiger charge is 2.20. The number of hydrogen-bond donors (Lipinski definition) is 1. The van der Waals surface area contributed by atoms with Crippen LogP contribution in [0.4, 0.5) is 0 Å². The predicted molar refractivity (Wildman–Crippen MR) is 47.2 cm³/mol. The molecule has 0 spiro atoms. The summed E-state index contributed by atoms with van der Waals surface area (Å²) in [6.07, 6.45) is 4.73. The smallest absolute Gasteiger partial charge is 0.0746 e. The van der Waals surface area contributed by atoms with Crippen molar-refractivity contribution in [2.45, 2.75) is 26.4 Å². The Labute approximate surface area is 68.4 Å². The van der Waals surface area contributed by atoms with Crippen LogP contribution in [0.15, 0.2) is 24.3 Å². The minimum Gasteiger partial charge on any atom is -0.389 e. The largest absolute Gasteiger partial charge is 0.389 e. The molecule has 0 saturated carbocycles. The van der Waals surface area contributed by atoms with Gasteiger partial charge in [0.1, 0.15) is 0 Å². The molecule has 3 atom stereocenters. The van der Waals surface area contributed by atoms with Crippen molar-refractivity contribution in [1.29, 1.82) is 0 Å². The van der Waals surface area contributed by atoms with Gasteiger partial charge in [0.15, 0.2) is 0 Å². The highest BCUT2D eigenvalue weighted by molar-refractivity contribution is 5.12. The third-order valence-electron chi connectivity index (χ3n) is 2.38. The fourth-order valence-corrected chi connectivity index (χ4v) is 1.42. The second-order valence-corrected chi connectivity index (χ2v) is 3.54. The lowest BCUT2D eigenvalue weighted by atomic mass is 9.83. The van der Waals surface area contributed by atoms with Crippen molar-refractivity contribution in [2.24, 2.45) is 11.8 Å². The number of allylic oxidation sites excluding steroid dienone is 2. The van der Waals surface area contributed by atoms with Gasteiger partial charge in [-0.2, -0.15) is 0 Å². The van der Waals surface area contributed by atoms with E-state index in [0.29, 0.717) is 11.8 Å². The van der Waals surface area contributed by atoms with Gasteiger partial charge in [-0.15, -0.1) is 0 Å². The fourth-order valence-electron chi connectivity index (χ4n) is 1.42. The Morgan fingerprint density at radius 2 is 2.18 bits per heavy atom. The molecule has 0 aliphatic heterocycles. The van der Waals surface area contributed by atoms with Crippen molar-refractivity contribution >= 4 is 0 Å². The first kappa shape index (κ1) is 8.54. The molecule has 0 amide bonds. The van der Waals surface area contributed by atoms with E-state index in [1.807, 2.05) is 13.0 Å². The van der Waals surface area contributed by atoms with Crippen LogP contribution in [-0.2, 0) is 0 Å². The lowest BCUT2D eigenvalue weighted by Crippen LogP contribution is -2.22. The van der Waals surface area contributed by atoms with E-state index in [2.05, 4.69) is 19.6 Å². The highest BCUT2D eigenvalue weighted by atomic mass is 16.3. The van der Waals surface area contributed by atoms with Crippen LogP contribution in [0.1, 0.15) is 20.3 Å². The van der Waals surface area contributed by atoms with Gasteiger partial charge in [-0.1, -0.05) is 31.2 Å². The molecule has 3 unspecified atom stereocenters.